The van der Waals surface area contributed by atoms with Crippen LogP contribution in [0.4, 0.5) is 10.1 Å². The monoisotopic (exact) mass is 441 g/mol. The molecule has 6 nitrogen and oxygen atoms in total. The van der Waals surface area contributed by atoms with Gasteiger partial charge in [-0.2, -0.15) is 0 Å². The molecule has 166 valence electrons. The van der Waals surface area contributed by atoms with Gasteiger partial charge in [-0.1, -0.05) is 23.7 Å². The smallest absolute Gasteiger partial charge is 0.293 e. The van der Waals surface area contributed by atoms with Gasteiger partial charge >= 0.3 is 0 Å². The second-order valence-electron chi connectivity index (χ2n) is 7.25. The van der Waals surface area contributed by atoms with Crippen molar-refractivity contribution in [1.29, 1.82) is 0 Å². The average molecular weight is 442 g/mol. The van der Waals surface area contributed by atoms with Crippen molar-refractivity contribution in [1.82, 2.24) is 0 Å². The zero-order valence-electron chi connectivity index (χ0n) is 18.0. The summed E-state index contributed by atoms with van der Waals surface area (Å²) in [5.41, 5.74) is 1.35. The van der Waals surface area contributed by atoms with Crippen LogP contribution >= 0.6 is 11.6 Å². The van der Waals surface area contributed by atoms with Crippen LogP contribution in [0.5, 0.6) is 11.5 Å². The van der Waals surface area contributed by atoms with Crippen LogP contribution in [-0.4, -0.2) is 37.7 Å². The summed E-state index contributed by atoms with van der Waals surface area (Å²) < 4.78 is 28.3. The van der Waals surface area contributed by atoms with E-state index in [0.717, 1.165) is 0 Å². The minimum Gasteiger partial charge on any atom is -0.493 e. The third-order valence-electron chi connectivity index (χ3n) is 3.78. The van der Waals surface area contributed by atoms with Gasteiger partial charge in [0.15, 0.2) is 11.5 Å². The van der Waals surface area contributed by atoms with Gasteiger partial charge in [-0.05, 0) is 45.0 Å². The van der Waals surface area contributed by atoms with Crippen molar-refractivity contribution in [2.24, 2.45) is 0 Å². The standard InChI is InChI=1S/C17H19ClFNO3.C5H10O2/c1-10(19)23-17-12(5-4-6-15(17)22-3)16(21)13-9-11(18)7-8-14(13)20-2;1-5(2,3)7-4-6/h4-10,16,20-21H,1-3H3;4H,1-3H3. The fourth-order valence-corrected chi connectivity index (χ4v) is 2.68. The van der Waals surface area contributed by atoms with E-state index in [1.807, 2.05) is 20.8 Å². The van der Waals surface area contributed by atoms with E-state index in [2.05, 4.69) is 10.1 Å². The molecule has 0 aliphatic rings. The maximum atomic E-state index is 13.4. The molecule has 0 saturated carbocycles. The Morgan fingerprint density at radius 3 is 2.33 bits per heavy atom. The number of para-hydroxylation sites is 1. The Morgan fingerprint density at radius 2 is 1.87 bits per heavy atom. The first kappa shape index (κ1) is 25.5. The van der Waals surface area contributed by atoms with Crippen LogP contribution in [0.15, 0.2) is 36.4 Å². The summed E-state index contributed by atoms with van der Waals surface area (Å²) in [6.45, 7) is 7.19. The van der Waals surface area contributed by atoms with Gasteiger partial charge in [0.05, 0.1) is 7.11 Å². The number of aliphatic hydroxyl groups excluding tert-OH is 1. The lowest BCUT2D eigenvalue weighted by atomic mass is 9.98. The molecule has 8 heteroatoms. The van der Waals surface area contributed by atoms with Gasteiger partial charge in [0.2, 0.25) is 6.36 Å². The first-order chi connectivity index (χ1) is 14.0. The Labute approximate surface area is 181 Å². The van der Waals surface area contributed by atoms with Gasteiger partial charge in [-0.15, -0.1) is 0 Å². The number of nitrogens with one attached hydrogen (secondary N) is 1. The predicted octanol–water partition coefficient (Wildman–Crippen LogP) is 5.12. The second kappa shape index (κ2) is 11.6. The van der Waals surface area contributed by atoms with Crippen molar-refractivity contribution in [3.63, 3.8) is 0 Å². The Bertz CT molecular complexity index is 824. The number of carbonyl (C=O) groups is 1. The molecule has 2 rings (SSSR count). The topological polar surface area (TPSA) is 77.0 Å². The van der Waals surface area contributed by atoms with E-state index >= 15 is 0 Å². The lowest BCUT2D eigenvalue weighted by molar-refractivity contribution is -0.138. The fraction of sp³-hybridized carbons (Fsp3) is 0.409. The van der Waals surface area contributed by atoms with Crippen LogP contribution in [0, 0.1) is 0 Å². The van der Waals surface area contributed by atoms with Crippen LogP contribution in [0.25, 0.3) is 0 Å². The van der Waals surface area contributed by atoms with Crippen molar-refractivity contribution in [3.05, 3.63) is 52.5 Å². The Balaban J connectivity index is 0.000000553. The predicted molar refractivity (Wildman–Crippen MR) is 116 cm³/mol. The molecule has 0 bridgehead atoms. The Morgan fingerprint density at radius 1 is 1.20 bits per heavy atom. The Kier molecular flexibility index (Phi) is 9.89. The fourth-order valence-electron chi connectivity index (χ4n) is 2.50. The number of benzene rings is 2. The molecule has 2 aromatic carbocycles. The van der Waals surface area contributed by atoms with Crippen molar-refractivity contribution in [2.75, 3.05) is 19.5 Å². The molecule has 0 aromatic heterocycles. The summed E-state index contributed by atoms with van der Waals surface area (Å²) >= 11 is 6.03. The van der Waals surface area contributed by atoms with Crippen molar-refractivity contribution in [3.8, 4) is 11.5 Å². The van der Waals surface area contributed by atoms with E-state index < -0.39 is 12.5 Å². The van der Waals surface area contributed by atoms with Gasteiger partial charge in [0.25, 0.3) is 6.47 Å². The third-order valence-corrected chi connectivity index (χ3v) is 4.02. The first-order valence-electron chi connectivity index (χ1n) is 9.28. The summed E-state index contributed by atoms with van der Waals surface area (Å²) in [4.78, 5) is 9.60. The van der Waals surface area contributed by atoms with Gasteiger partial charge in [-0.3, -0.25) is 4.79 Å². The summed E-state index contributed by atoms with van der Waals surface area (Å²) in [5.74, 6) is 0.513. The highest BCUT2D eigenvalue weighted by atomic mass is 35.5. The van der Waals surface area contributed by atoms with Gasteiger partial charge < -0.3 is 24.6 Å². The van der Waals surface area contributed by atoms with Crippen LogP contribution in [-0.2, 0) is 9.53 Å². The summed E-state index contributed by atoms with van der Waals surface area (Å²) in [5, 5.41) is 14.3. The molecule has 0 spiro atoms. The number of alkyl halides is 1. The molecular weight excluding hydrogens is 413 g/mol. The minimum atomic E-state index is -1.54. The van der Waals surface area contributed by atoms with Gasteiger partial charge in [0.1, 0.15) is 11.7 Å². The molecule has 0 aliphatic carbocycles. The van der Waals surface area contributed by atoms with E-state index in [1.165, 1.54) is 14.0 Å². The number of hydrogen-bond acceptors (Lipinski definition) is 6. The minimum absolute atomic E-state index is 0.166. The number of carbonyl (C=O) groups excluding carboxylic acids is 1. The average Bonchev–Trinajstić information content (AvgIpc) is 2.66. The SMILES string of the molecule is CC(C)(C)OC=O.CNc1ccc(Cl)cc1C(O)c1cccc(OC)c1OC(C)F. The van der Waals surface area contributed by atoms with Crippen molar-refractivity contribution in [2.45, 2.75) is 45.8 Å². The van der Waals surface area contributed by atoms with Crippen LogP contribution in [0.3, 0.4) is 0 Å². The van der Waals surface area contributed by atoms with Crippen molar-refractivity contribution < 1.29 is 28.5 Å². The van der Waals surface area contributed by atoms with Crippen LogP contribution < -0.4 is 14.8 Å². The summed E-state index contributed by atoms with van der Waals surface area (Å²) in [6.07, 6.45) is -2.60. The zero-order chi connectivity index (χ0) is 22.9. The summed E-state index contributed by atoms with van der Waals surface area (Å²) in [7, 11) is 3.20. The highest BCUT2D eigenvalue weighted by Gasteiger charge is 2.23. The van der Waals surface area contributed by atoms with Crippen molar-refractivity contribution >= 4 is 23.8 Å². The molecule has 2 unspecified atom stereocenters. The molecule has 2 N–H and O–H groups in total. The molecule has 2 aromatic rings. The lowest BCUT2D eigenvalue weighted by Crippen LogP contribution is -2.17. The molecule has 0 aliphatic heterocycles. The number of methoxy groups -OCH3 is 1. The number of aliphatic hydroxyl groups is 1. The van der Waals surface area contributed by atoms with Gasteiger partial charge in [-0.25, -0.2) is 4.39 Å². The number of anilines is 1. The lowest BCUT2D eigenvalue weighted by Gasteiger charge is -2.21. The number of hydrogen-bond donors (Lipinski definition) is 2. The molecule has 0 saturated heterocycles. The normalized spacial score (nSPS) is 12.7. The van der Waals surface area contributed by atoms with E-state index in [-0.39, 0.29) is 11.4 Å². The zero-order valence-corrected chi connectivity index (χ0v) is 18.8. The van der Waals surface area contributed by atoms with E-state index in [1.54, 1.807) is 43.4 Å². The van der Waals surface area contributed by atoms with Gasteiger partial charge in [0, 0.05) is 35.8 Å². The van der Waals surface area contributed by atoms with E-state index in [0.29, 0.717) is 34.1 Å². The summed E-state index contributed by atoms with van der Waals surface area (Å²) in [6, 6.07) is 10.1. The molecule has 0 amide bonds. The first-order valence-corrected chi connectivity index (χ1v) is 9.66. The molecule has 30 heavy (non-hydrogen) atoms. The maximum Gasteiger partial charge on any atom is 0.293 e. The molecular formula is C22H29ClFNO5. The largest absolute Gasteiger partial charge is 0.493 e. The highest BCUT2D eigenvalue weighted by Crippen LogP contribution is 2.40. The number of rotatable bonds is 7. The molecule has 0 radical (unpaired) electrons. The van der Waals surface area contributed by atoms with Crippen LogP contribution in [0.1, 0.15) is 44.9 Å². The quantitative estimate of drug-likeness (QED) is 0.580. The molecule has 0 fully saturated rings. The van der Waals surface area contributed by atoms with Crippen LogP contribution in [0.2, 0.25) is 5.02 Å². The maximum absolute atomic E-state index is 13.4. The number of ether oxygens (including phenoxy) is 3. The molecule has 0 heterocycles. The van der Waals surface area contributed by atoms with E-state index in [9.17, 15) is 14.3 Å². The number of halogens is 2. The Hall–Kier alpha value is -2.51. The van der Waals surface area contributed by atoms with E-state index in [4.69, 9.17) is 21.1 Å². The third kappa shape index (κ3) is 7.72. The molecule has 2 atom stereocenters. The second-order valence-corrected chi connectivity index (χ2v) is 7.69. The highest BCUT2D eigenvalue weighted by molar-refractivity contribution is 6.30.